The number of β-amino-alcohol motifs (C(OH)–C–C–N with tert-alkyl or cyclic N) is 1. The molecule has 7 nitrogen and oxygen atoms in total. The van der Waals surface area contributed by atoms with Crippen LogP contribution in [0.5, 0.6) is 0 Å². The molecule has 1 aliphatic heterocycles. The van der Waals surface area contributed by atoms with E-state index in [1.54, 1.807) is 0 Å². The molecule has 20 heavy (non-hydrogen) atoms. The summed E-state index contributed by atoms with van der Waals surface area (Å²) in [6.45, 7) is 0.177. The van der Waals surface area contributed by atoms with Crippen molar-refractivity contribution in [2.45, 2.75) is 22.3 Å². The number of benzene rings is 1. The Hall–Kier alpha value is -1.16. The number of nitrogens with two attached hydrogens (primary N) is 1. The third-order valence-electron chi connectivity index (χ3n) is 3.16. The van der Waals surface area contributed by atoms with E-state index in [-0.39, 0.29) is 28.6 Å². The number of hydrogen-bond acceptors (Lipinski definition) is 6. The van der Waals surface area contributed by atoms with Crippen LogP contribution in [0.2, 0.25) is 0 Å². The van der Waals surface area contributed by atoms with Crippen LogP contribution in [0, 0.1) is 0 Å². The second kappa shape index (κ2) is 4.99. The van der Waals surface area contributed by atoms with E-state index < -0.39 is 26.0 Å². The molecule has 1 aromatic carbocycles. The van der Waals surface area contributed by atoms with Gasteiger partial charge in [0.15, 0.2) is 9.84 Å². The summed E-state index contributed by atoms with van der Waals surface area (Å²) in [7, 11) is -7.43. The van der Waals surface area contributed by atoms with Crippen LogP contribution in [0.25, 0.3) is 0 Å². The van der Waals surface area contributed by atoms with Gasteiger partial charge in [-0.1, -0.05) is 0 Å². The van der Waals surface area contributed by atoms with Crippen molar-refractivity contribution in [1.29, 1.82) is 0 Å². The average molecular weight is 320 g/mol. The van der Waals surface area contributed by atoms with Crippen molar-refractivity contribution in [3.05, 3.63) is 18.2 Å². The van der Waals surface area contributed by atoms with E-state index in [4.69, 9.17) is 5.73 Å². The van der Waals surface area contributed by atoms with Crippen LogP contribution in [0.4, 0.5) is 5.69 Å². The quantitative estimate of drug-likeness (QED) is 0.720. The molecule has 0 bridgehead atoms. The fourth-order valence-corrected chi connectivity index (χ4v) is 4.39. The van der Waals surface area contributed by atoms with E-state index in [2.05, 4.69) is 0 Å². The van der Waals surface area contributed by atoms with Crippen LogP contribution < -0.4 is 5.73 Å². The fraction of sp³-hybridized carbons (Fsp3) is 0.455. The van der Waals surface area contributed by atoms with Gasteiger partial charge >= 0.3 is 0 Å². The standard InChI is InChI=1S/C11H16N2O5S2/c1-19(15,16)9-2-3-10(12)11(6-9)20(17,18)13-5-4-8(14)7-13/h2-3,6,8,14H,4-5,7,12H2,1H3. The van der Waals surface area contributed by atoms with Gasteiger partial charge in [0, 0.05) is 19.3 Å². The fourth-order valence-electron chi connectivity index (χ4n) is 2.04. The molecule has 1 atom stereocenters. The van der Waals surface area contributed by atoms with Crippen molar-refractivity contribution < 1.29 is 21.9 Å². The number of sulfone groups is 1. The predicted octanol–water partition coefficient (Wildman–Crippen LogP) is -0.572. The zero-order valence-corrected chi connectivity index (χ0v) is 12.5. The number of hydrogen-bond donors (Lipinski definition) is 2. The molecule has 0 saturated carbocycles. The number of nitrogens with zero attached hydrogens (tertiary/aromatic N) is 1. The molecule has 9 heteroatoms. The lowest BCUT2D eigenvalue weighted by Crippen LogP contribution is -2.30. The number of aliphatic hydroxyl groups is 1. The summed E-state index contributed by atoms with van der Waals surface area (Å²) in [6.07, 6.45) is 0.642. The molecule has 1 aromatic rings. The molecule has 1 saturated heterocycles. The van der Waals surface area contributed by atoms with Crippen LogP contribution in [0.3, 0.4) is 0 Å². The van der Waals surface area contributed by atoms with Gasteiger partial charge in [0.2, 0.25) is 10.0 Å². The van der Waals surface area contributed by atoms with Gasteiger partial charge in [-0.2, -0.15) is 4.31 Å². The minimum Gasteiger partial charge on any atom is -0.398 e. The highest BCUT2D eigenvalue weighted by atomic mass is 32.2. The maximum Gasteiger partial charge on any atom is 0.245 e. The van der Waals surface area contributed by atoms with Crippen molar-refractivity contribution in [1.82, 2.24) is 4.31 Å². The van der Waals surface area contributed by atoms with E-state index in [0.29, 0.717) is 6.42 Å². The first-order chi connectivity index (χ1) is 9.12. The van der Waals surface area contributed by atoms with Crippen LogP contribution in [0.1, 0.15) is 6.42 Å². The van der Waals surface area contributed by atoms with E-state index in [9.17, 15) is 21.9 Å². The van der Waals surface area contributed by atoms with Gasteiger partial charge in [-0.05, 0) is 24.6 Å². The van der Waals surface area contributed by atoms with Crippen molar-refractivity contribution in [3.63, 3.8) is 0 Å². The number of sulfonamides is 1. The Morgan fingerprint density at radius 1 is 1.30 bits per heavy atom. The number of rotatable bonds is 3. The first kappa shape index (κ1) is 15.2. The Morgan fingerprint density at radius 3 is 2.45 bits per heavy atom. The Kier molecular flexibility index (Phi) is 3.80. The van der Waals surface area contributed by atoms with Crippen LogP contribution in [-0.2, 0) is 19.9 Å². The third-order valence-corrected chi connectivity index (χ3v) is 6.19. The highest BCUT2D eigenvalue weighted by molar-refractivity contribution is 7.91. The SMILES string of the molecule is CS(=O)(=O)c1ccc(N)c(S(=O)(=O)N2CCC(O)C2)c1. The largest absolute Gasteiger partial charge is 0.398 e. The molecule has 1 heterocycles. The normalized spacial score (nSPS) is 21.2. The molecule has 1 aliphatic rings. The molecule has 0 radical (unpaired) electrons. The van der Waals surface area contributed by atoms with E-state index >= 15 is 0 Å². The first-order valence-corrected chi connectivity index (χ1v) is 9.23. The Labute approximate surface area is 118 Å². The van der Waals surface area contributed by atoms with Gasteiger partial charge in [0.1, 0.15) is 4.90 Å². The molecule has 0 amide bonds. The first-order valence-electron chi connectivity index (χ1n) is 5.90. The van der Waals surface area contributed by atoms with E-state index in [1.807, 2.05) is 0 Å². The minimum absolute atomic E-state index is 0.00905. The lowest BCUT2D eigenvalue weighted by molar-refractivity contribution is 0.189. The van der Waals surface area contributed by atoms with Crippen LogP contribution in [-0.4, -0.2) is 51.7 Å². The van der Waals surface area contributed by atoms with Gasteiger partial charge in [0.25, 0.3) is 0 Å². The van der Waals surface area contributed by atoms with Crippen molar-refractivity contribution in [3.8, 4) is 0 Å². The highest BCUT2D eigenvalue weighted by Crippen LogP contribution is 2.27. The number of nitrogen functional groups attached to an aromatic ring is 1. The molecule has 1 fully saturated rings. The number of aliphatic hydroxyl groups excluding tert-OH is 1. The molecule has 3 N–H and O–H groups in total. The topological polar surface area (TPSA) is 118 Å². The summed E-state index contributed by atoms with van der Waals surface area (Å²) in [5.74, 6) is 0. The summed E-state index contributed by atoms with van der Waals surface area (Å²) >= 11 is 0. The predicted molar refractivity (Wildman–Crippen MR) is 73.3 cm³/mol. The molecule has 0 aliphatic carbocycles. The van der Waals surface area contributed by atoms with Crippen LogP contribution in [0.15, 0.2) is 28.0 Å². The van der Waals surface area contributed by atoms with E-state index in [0.717, 1.165) is 16.6 Å². The Bertz CT molecular complexity index is 727. The molecule has 2 rings (SSSR count). The summed E-state index contributed by atoms with van der Waals surface area (Å²) in [5, 5.41) is 9.43. The third kappa shape index (κ3) is 2.80. The highest BCUT2D eigenvalue weighted by Gasteiger charge is 2.33. The number of anilines is 1. The second-order valence-corrected chi connectivity index (χ2v) is 8.70. The van der Waals surface area contributed by atoms with Gasteiger partial charge in [-0.15, -0.1) is 0 Å². The van der Waals surface area contributed by atoms with Crippen molar-refractivity contribution >= 4 is 25.5 Å². The molecule has 1 unspecified atom stereocenters. The Morgan fingerprint density at radius 2 is 1.95 bits per heavy atom. The summed E-state index contributed by atoms with van der Waals surface area (Å²) in [5.41, 5.74) is 5.64. The molecular formula is C11H16N2O5S2. The average Bonchev–Trinajstić information content (AvgIpc) is 2.75. The second-order valence-electron chi connectivity index (χ2n) is 4.78. The minimum atomic E-state index is -3.90. The van der Waals surface area contributed by atoms with Crippen molar-refractivity contribution in [2.24, 2.45) is 0 Å². The van der Waals surface area contributed by atoms with Gasteiger partial charge in [-0.3, -0.25) is 0 Å². The molecule has 112 valence electrons. The lowest BCUT2D eigenvalue weighted by Gasteiger charge is -2.17. The maximum absolute atomic E-state index is 12.4. The van der Waals surface area contributed by atoms with E-state index in [1.165, 1.54) is 12.1 Å². The smallest absolute Gasteiger partial charge is 0.245 e. The maximum atomic E-state index is 12.4. The van der Waals surface area contributed by atoms with Gasteiger partial charge in [0.05, 0.1) is 16.7 Å². The molecule has 0 spiro atoms. The molecule has 0 aromatic heterocycles. The van der Waals surface area contributed by atoms with Gasteiger partial charge < -0.3 is 10.8 Å². The van der Waals surface area contributed by atoms with Crippen LogP contribution >= 0.6 is 0 Å². The van der Waals surface area contributed by atoms with Crippen molar-refractivity contribution in [2.75, 3.05) is 25.1 Å². The zero-order chi connectivity index (χ0) is 15.1. The lowest BCUT2D eigenvalue weighted by atomic mass is 10.3. The summed E-state index contributed by atoms with van der Waals surface area (Å²) in [4.78, 5) is -0.348. The monoisotopic (exact) mass is 320 g/mol. The summed E-state index contributed by atoms with van der Waals surface area (Å²) in [6, 6.07) is 3.59. The molecular weight excluding hydrogens is 304 g/mol. The zero-order valence-electron chi connectivity index (χ0n) is 10.9. The van der Waals surface area contributed by atoms with Gasteiger partial charge in [-0.25, -0.2) is 16.8 Å². The Balaban J connectivity index is 2.52. The summed E-state index contributed by atoms with van der Waals surface area (Å²) < 4.78 is 49.0.